The second kappa shape index (κ2) is 7.28. The minimum Gasteiger partial charge on any atom is -0.271 e. The van der Waals surface area contributed by atoms with Gasteiger partial charge in [-0.25, -0.2) is 8.42 Å². The summed E-state index contributed by atoms with van der Waals surface area (Å²) in [4.78, 5) is 1.01. The fraction of sp³-hybridized carbons (Fsp3) is 0.818. The molecule has 1 aromatic heterocycles. The highest BCUT2D eigenvalue weighted by atomic mass is 32.2. The Hall–Kier alpha value is -0.570. The van der Waals surface area contributed by atoms with Crippen LogP contribution < -0.4 is 11.3 Å². The van der Waals surface area contributed by atoms with Crippen molar-refractivity contribution < 1.29 is 8.42 Å². The van der Waals surface area contributed by atoms with Gasteiger partial charge in [0, 0.05) is 5.75 Å². The van der Waals surface area contributed by atoms with Crippen molar-refractivity contribution in [3.63, 3.8) is 0 Å². The van der Waals surface area contributed by atoms with Crippen molar-refractivity contribution >= 4 is 21.4 Å². The van der Waals surface area contributed by atoms with Crippen molar-refractivity contribution in [1.82, 2.24) is 15.0 Å². The summed E-state index contributed by atoms with van der Waals surface area (Å²) in [6.07, 6.45) is 1.25. The van der Waals surface area contributed by atoms with Gasteiger partial charge in [-0.2, -0.15) is 0 Å². The van der Waals surface area contributed by atoms with Gasteiger partial charge in [0.05, 0.1) is 22.4 Å². The molecule has 8 heteroatoms. The summed E-state index contributed by atoms with van der Waals surface area (Å²) in [7, 11) is -2.92. The molecule has 19 heavy (non-hydrogen) atoms. The van der Waals surface area contributed by atoms with Gasteiger partial charge in [0.1, 0.15) is 9.84 Å². The molecule has 0 fully saturated rings. The predicted octanol–water partition coefficient (Wildman–Crippen LogP) is 1.38. The highest BCUT2D eigenvalue weighted by Gasteiger charge is 2.20. The van der Waals surface area contributed by atoms with Crippen molar-refractivity contribution in [2.45, 2.75) is 45.6 Å². The topological polar surface area (TPSA) is 98.0 Å². The zero-order valence-corrected chi connectivity index (χ0v) is 13.2. The minimum absolute atomic E-state index is 0.0792. The molecule has 0 amide bonds. The summed E-state index contributed by atoms with van der Waals surface area (Å²) in [5, 5.41) is 4.11. The van der Waals surface area contributed by atoms with Crippen molar-refractivity contribution in [3.8, 4) is 0 Å². The number of hydrogen-bond donors (Lipinski definition) is 2. The zero-order valence-electron chi connectivity index (χ0n) is 11.6. The first-order valence-electron chi connectivity index (χ1n) is 6.40. The van der Waals surface area contributed by atoms with E-state index in [-0.39, 0.29) is 23.5 Å². The molecule has 0 spiro atoms. The van der Waals surface area contributed by atoms with Crippen LogP contribution in [0.15, 0.2) is 0 Å². The molecule has 0 aliphatic rings. The lowest BCUT2D eigenvalue weighted by atomic mass is 10.0. The van der Waals surface area contributed by atoms with Crippen LogP contribution >= 0.6 is 11.5 Å². The van der Waals surface area contributed by atoms with E-state index in [1.54, 1.807) is 6.92 Å². The number of nitrogens with one attached hydrogen (secondary N) is 1. The first-order valence-corrected chi connectivity index (χ1v) is 8.99. The largest absolute Gasteiger partial charge is 0.271 e. The molecule has 3 N–H and O–H groups in total. The van der Waals surface area contributed by atoms with Crippen molar-refractivity contribution in [3.05, 3.63) is 10.6 Å². The monoisotopic (exact) mass is 306 g/mol. The SMILES string of the molecule is CCS(=O)(=O)CCCC(NN)c1snnc1C(C)C. The fourth-order valence-electron chi connectivity index (χ4n) is 1.79. The highest BCUT2D eigenvalue weighted by Crippen LogP contribution is 2.28. The molecule has 0 aromatic carbocycles. The Morgan fingerprint density at radius 3 is 2.63 bits per heavy atom. The third-order valence-electron chi connectivity index (χ3n) is 2.99. The Morgan fingerprint density at radius 1 is 1.42 bits per heavy atom. The van der Waals surface area contributed by atoms with Crippen molar-refractivity contribution in [1.29, 1.82) is 0 Å². The molecular formula is C11H22N4O2S2. The quantitative estimate of drug-likeness (QED) is 0.556. The first kappa shape index (κ1) is 16.5. The van der Waals surface area contributed by atoms with Crippen LogP contribution in [0.2, 0.25) is 0 Å². The van der Waals surface area contributed by atoms with Crippen LogP contribution in [0.5, 0.6) is 0 Å². The molecule has 1 atom stereocenters. The third-order valence-corrected chi connectivity index (χ3v) is 5.64. The van der Waals surface area contributed by atoms with Gasteiger partial charge < -0.3 is 0 Å². The lowest BCUT2D eigenvalue weighted by Crippen LogP contribution is -2.28. The Balaban J connectivity index is 2.66. The number of rotatable bonds is 8. The molecule has 6 nitrogen and oxygen atoms in total. The standard InChI is InChI=1S/C11H22N4O2S2/c1-4-19(16,17)7-5-6-9(13-12)11-10(8(2)3)14-15-18-11/h8-9,13H,4-7,12H2,1-3H3. The Morgan fingerprint density at radius 2 is 2.11 bits per heavy atom. The van der Waals surface area contributed by atoms with Gasteiger partial charge in [-0.3, -0.25) is 11.3 Å². The predicted molar refractivity (Wildman–Crippen MR) is 77.6 cm³/mol. The van der Waals surface area contributed by atoms with Gasteiger partial charge in [0.25, 0.3) is 0 Å². The van der Waals surface area contributed by atoms with Crippen LogP contribution in [-0.2, 0) is 9.84 Å². The molecule has 1 rings (SSSR count). The van der Waals surface area contributed by atoms with Crippen molar-refractivity contribution in [2.75, 3.05) is 11.5 Å². The van der Waals surface area contributed by atoms with Crippen molar-refractivity contribution in [2.24, 2.45) is 5.84 Å². The molecule has 0 saturated carbocycles. The molecule has 0 radical (unpaired) electrons. The zero-order chi connectivity index (χ0) is 14.5. The Kier molecular flexibility index (Phi) is 6.31. The van der Waals surface area contributed by atoms with E-state index in [4.69, 9.17) is 5.84 Å². The maximum atomic E-state index is 11.5. The number of aromatic nitrogens is 2. The highest BCUT2D eigenvalue weighted by molar-refractivity contribution is 7.91. The van der Waals surface area contributed by atoms with Gasteiger partial charge in [0.15, 0.2) is 0 Å². The molecule has 0 aliphatic heterocycles. The summed E-state index contributed by atoms with van der Waals surface area (Å²) >= 11 is 1.32. The molecular weight excluding hydrogens is 284 g/mol. The lowest BCUT2D eigenvalue weighted by molar-refractivity contribution is 0.507. The van der Waals surface area contributed by atoms with E-state index in [1.807, 2.05) is 0 Å². The maximum absolute atomic E-state index is 11.5. The smallest absolute Gasteiger partial charge is 0.150 e. The molecule has 0 aliphatic carbocycles. The van der Waals surface area contributed by atoms with Crippen LogP contribution in [0.4, 0.5) is 0 Å². The summed E-state index contributed by atoms with van der Waals surface area (Å²) in [6.45, 7) is 5.77. The molecule has 0 saturated heterocycles. The average Bonchev–Trinajstić information content (AvgIpc) is 2.84. The Labute approximate surface area is 118 Å². The van der Waals surface area contributed by atoms with E-state index < -0.39 is 9.84 Å². The number of hydrogen-bond acceptors (Lipinski definition) is 7. The second-order valence-electron chi connectivity index (χ2n) is 4.77. The van der Waals surface area contributed by atoms with Crippen LogP contribution in [0, 0.1) is 0 Å². The molecule has 1 aromatic rings. The molecule has 0 bridgehead atoms. The summed E-state index contributed by atoms with van der Waals surface area (Å²) in [5.74, 6) is 6.24. The van der Waals surface area contributed by atoms with Gasteiger partial charge in [-0.1, -0.05) is 25.3 Å². The molecule has 1 unspecified atom stereocenters. The van der Waals surface area contributed by atoms with Gasteiger partial charge in [-0.05, 0) is 30.3 Å². The second-order valence-corrected chi connectivity index (χ2v) is 8.03. The number of hydrazine groups is 1. The molecule has 110 valence electrons. The first-order chi connectivity index (χ1) is 8.91. The lowest BCUT2D eigenvalue weighted by Gasteiger charge is -2.15. The number of sulfone groups is 1. The summed E-state index contributed by atoms with van der Waals surface area (Å²) < 4.78 is 26.9. The number of nitrogens with zero attached hydrogens (tertiary/aromatic N) is 2. The van der Waals surface area contributed by atoms with E-state index >= 15 is 0 Å². The van der Waals surface area contributed by atoms with E-state index in [1.165, 1.54) is 11.5 Å². The van der Waals surface area contributed by atoms with Crippen LogP contribution in [0.1, 0.15) is 56.1 Å². The van der Waals surface area contributed by atoms with E-state index in [2.05, 4.69) is 28.9 Å². The normalized spacial score (nSPS) is 13.9. The van der Waals surface area contributed by atoms with E-state index in [0.717, 1.165) is 10.6 Å². The third kappa shape index (κ3) is 4.79. The Bertz CT molecular complexity index is 485. The van der Waals surface area contributed by atoms with E-state index in [9.17, 15) is 8.42 Å². The average molecular weight is 306 g/mol. The molecule has 1 heterocycles. The van der Waals surface area contributed by atoms with Gasteiger partial charge in [-0.15, -0.1) is 5.10 Å². The van der Waals surface area contributed by atoms with Gasteiger partial charge in [0.2, 0.25) is 0 Å². The minimum atomic E-state index is -2.92. The van der Waals surface area contributed by atoms with Gasteiger partial charge >= 0.3 is 0 Å². The summed E-state index contributed by atoms with van der Waals surface area (Å²) in [6, 6.07) is -0.0792. The van der Waals surface area contributed by atoms with Crippen LogP contribution in [-0.4, -0.2) is 29.5 Å². The van der Waals surface area contributed by atoms with E-state index in [0.29, 0.717) is 12.8 Å². The van der Waals surface area contributed by atoms with Crippen LogP contribution in [0.3, 0.4) is 0 Å². The fourth-order valence-corrected chi connectivity index (χ4v) is 3.58. The maximum Gasteiger partial charge on any atom is 0.150 e. The summed E-state index contributed by atoms with van der Waals surface area (Å²) in [5.41, 5.74) is 3.68. The number of nitrogens with two attached hydrogens (primary N) is 1. The van der Waals surface area contributed by atoms with Crippen LogP contribution in [0.25, 0.3) is 0 Å².